The maximum atomic E-state index is 11.9. The molecule has 1 aliphatic carbocycles. The summed E-state index contributed by atoms with van der Waals surface area (Å²) in [6, 6.07) is 2.32. The van der Waals surface area contributed by atoms with E-state index < -0.39 is 0 Å². The van der Waals surface area contributed by atoms with Crippen LogP contribution in [0.15, 0.2) is 0 Å². The van der Waals surface area contributed by atoms with E-state index in [2.05, 4.69) is 21.0 Å². The smallest absolute Gasteiger partial charge is 0.264 e. The average Bonchev–Trinajstić information content (AvgIpc) is 2.83. The molecule has 1 heterocycles. The van der Waals surface area contributed by atoms with Gasteiger partial charge in [0.15, 0.2) is 0 Å². The molecule has 1 aliphatic rings. The molecule has 1 aromatic heterocycles. The number of amides is 1. The highest BCUT2D eigenvalue weighted by Crippen LogP contribution is 2.27. The summed E-state index contributed by atoms with van der Waals surface area (Å²) in [5, 5.41) is 15.6. The molecule has 5 nitrogen and oxygen atoms in total. The molecule has 2 rings (SSSR count). The molecule has 0 saturated heterocycles. The Balaban J connectivity index is 1.78. The molecule has 1 aromatic rings. The van der Waals surface area contributed by atoms with E-state index in [4.69, 9.17) is 5.26 Å². The van der Waals surface area contributed by atoms with E-state index in [0.29, 0.717) is 23.0 Å². The van der Waals surface area contributed by atoms with Crippen molar-refractivity contribution in [3.05, 3.63) is 10.6 Å². The second kappa shape index (κ2) is 5.91. The Bertz CT molecular complexity index is 457. The third-order valence-electron chi connectivity index (χ3n) is 3.44. The van der Waals surface area contributed by atoms with Gasteiger partial charge in [0.1, 0.15) is 4.88 Å². The Hall–Kier alpha value is -1.48. The fourth-order valence-electron chi connectivity index (χ4n) is 2.25. The van der Waals surface area contributed by atoms with Crippen molar-refractivity contribution in [3.8, 4) is 6.07 Å². The first kappa shape index (κ1) is 13.0. The summed E-state index contributed by atoms with van der Waals surface area (Å²) in [6.45, 7) is 2.48. The molecule has 18 heavy (non-hydrogen) atoms. The molecule has 0 unspecified atom stereocenters. The number of aromatic nitrogens is 2. The Labute approximate surface area is 110 Å². The Kier molecular flexibility index (Phi) is 4.26. The third-order valence-corrected chi connectivity index (χ3v) is 4.27. The van der Waals surface area contributed by atoms with Gasteiger partial charge >= 0.3 is 0 Å². The van der Waals surface area contributed by atoms with Gasteiger partial charge in [0.25, 0.3) is 5.91 Å². The summed E-state index contributed by atoms with van der Waals surface area (Å²) in [5.41, 5.74) is 0.686. The lowest BCUT2D eigenvalue weighted by atomic mass is 9.83. The number of nitrogens with zero attached hydrogens (tertiary/aromatic N) is 3. The highest BCUT2D eigenvalue weighted by atomic mass is 32.1. The van der Waals surface area contributed by atoms with Crippen molar-refractivity contribution < 1.29 is 4.79 Å². The number of carbonyl (C=O) groups excluding carboxylic acids is 1. The van der Waals surface area contributed by atoms with Crippen LogP contribution in [0.5, 0.6) is 0 Å². The van der Waals surface area contributed by atoms with Gasteiger partial charge in [-0.3, -0.25) is 4.79 Å². The van der Waals surface area contributed by atoms with Crippen LogP contribution < -0.4 is 5.32 Å². The van der Waals surface area contributed by atoms with Crippen LogP contribution in [0.25, 0.3) is 0 Å². The van der Waals surface area contributed by atoms with E-state index in [-0.39, 0.29) is 11.8 Å². The summed E-state index contributed by atoms with van der Waals surface area (Å²) >= 11 is 1.13. The van der Waals surface area contributed by atoms with Crippen molar-refractivity contribution in [2.24, 2.45) is 11.8 Å². The largest absolute Gasteiger partial charge is 0.351 e. The molecular weight excluding hydrogens is 248 g/mol. The number of carbonyl (C=O) groups is 1. The van der Waals surface area contributed by atoms with Crippen LogP contribution in [-0.2, 0) is 0 Å². The van der Waals surface area contributed by atoms with E-state index in [1.807, 2.05) is 0 Å². The lowest BCUT2D eigenvalue weighted by molar-refractivity contribution is 0.0946. The Morgan fingerprint density at radius 3 is 2.78 bits per heavy atom. The molecule has 1 fully saturated rings. The first-order chi connectivity index (χ1) is 8.70. The highest BCUT2D eigenvalue weighted by molar-refractivity contribution is 7.07. The lowest BCUT2D eigenvalue weighted by Gasteiger charge is -2.24. The summed E-state index contributed by atoms with van der Waals surface area (Å²) < 4.78 is 3.75. The van der Waals surface area contributed by atoms with Gasteiger partial charge in [0.2, 0.25) is 0 Å². The number of hydrogen-bond acceptors (Lipinski definition) is 5. The monoisotopic (exact) mass is 264 g/mol. The maximum Gasteiger partial charge on any atom is 0.264 e. The van der Waals surface area contributed by atoms with Gasteiger partial charge < -0.3 is 5.32 Å². The second-order valence-electron chi connectivity index (χ2n) is 4.74. The predicted octanol–water partition coefficient (Wildman–Crippen LogP) is 1.91. The minimum atomic E-state index is -0.0788. The van der Waals surface area contributed by atoms with Crippen LogP contribution in [-0.4, -0.2) is 22.0 Å². The number of aryl methyl sites for hydroxylation is 1. The van der Waals surface area contributed by atoms with Crippen LogP contribution in [0.4, 0.5) is 0 Å². The Morgan fingerprint density at radius 2 is 2.22 bits per heavy atom. The zero-order valence-electron chi connectivity index (χ0n) is 10.3. The molecule has 1 amide bonds. The van der Waals surface area contributed by atoms with Crippen molar-refractivity contribution in [3.63, 3.8) is 0 Å². The second-order valence-corrected chi connectivity index (χ2v) is 5.50. The quantitative estimate of drug-likeness (QED) is 0.904. The molecule has 0 radical (unpaired) electrons. The van der Waals surface area contributed by atoms with Crippen molar-refractivity contribution >= 4 is 17.4 Å². The first-order valence-corrected chi connectivity index (χ1v) is 6.94. The molecular formula is C12H16N4OS. The SMILES string of the molecule is Cc1nnsc1C(=O)NCC1CCC(C#N)CC1. The van der Waals surface area contributed by atoms with E-state index >= 15 is 0 Å². The van der Waals surface area contributed by atoms with Crippen molar-refractivity contribution in [1.29, 1.82) is 5.26 Å². The molecule has 0 aliphatic heterocycles. The van der Waals surface area contributed by atoms with Crippen LogP contribution >= 0.6 is 11.5 Å². The van der Waals surface area contributed by atoms with Crippen LogP contribution in [0.1, 0.15) is 41.0 Å². The van der Waals surface area contributed by atoms with Crippen LogP contribution in [0.3, 0.4) is 0 Å². The minimum absolute atomic E-state index is 0.0788. The van der Waals surface area contributed by atoms with E-state index in [0.717, 1.165) is 37.2 Å². The zero-order valence-corrected chi connectivity index (χ0v) is 11.2. The summed E-state index contributed by atoms with van der Waals surface area (Å²) in [4.78, 5) is 12.5. The maximum absolute atomic E-state index is 11.9. The third kappa shape index (κ3) is 3.05. The van der Waals surface area contributed by atoms with E-state index in [1.54, 1.807) is 6.92 Å². The Morgan fingerprint density at radius 1 is 1.50 bits per heavy atom. The van der Waals surface area contributed by atoms with Crippen molar-refractivity contribution in [1.82, 2.24) is 14.9 Å². The topological polar surface area (TPSA) is 78.7 Å². The normalized spacial score (nSPS) is 23.3. The number of hydrogen-bond donors (Lipinski definition) is 1. The van der Waals surface area contributed by atoms with E-state index in [9.17, 15) is 4.79 Å². The molecule has 0 spiro atoms. The molecule has 0 atom stereocenters. The zero-order chi connectivity index (χ0) is 13.0. The summed E-state index contributed by atoms with van der Waals surface area (Å²) in [5.74, 6) is 0.634. The van der Waals surface area contributed by atoms with Crippen molar-refractivity contribution in [2.75, 3.05) is 6.54 Å². The molecule has 1 saturated carbocycles. The van der Waals surface area contributed by atoms with Crippen molar-refractivity contribution in [2.45, 2.75) is 32.6 Å². The number of nitrogens with one attached hydrogen (secondary N) is 1. The lowest BCUT2D eigenvalue weighted by Crippen LogP contribution is -2.31. The molecule has 0 aromatic carbocycles. The van der Waals surface area contributed by atoms with Gasteiger partial charge in [-0.25, -0.2) is 0 Å². The average molecular weight is 264 g/mol. The van der Waals surface area contributed by atoms with Gasteiger partial charge in [0, 0.05) is 12.5 Å². The number of nitriles is 1. The summed E-state index contributed by atoms with van der Waals surface area (Å²) in [7, 11) is 0. The fourth-order valence-corrected chi connectivity index (χ4v) is 2.83. The molecule has 0 bridgehead atoms. The van der Waals surface area contributed by atoms with Gasteiger partial charge in [-0.05, 0) is 50.1 Å². The van der Waals surface area contributed by atoms with Gasteiger partial charge in [-0.1, -0.05) is 4.49 Å². The number of rotatable bonds is 3. The molecule has 6 heteroatoms. The highest BCUT2D eigenvalue weighted by Gasteiger charge is 2.22. The first-order valence-electron chi connectivity index (χ1n) is 6.17. The summed E-state index contributed by atoms with van der Waals surface area (Å²) in [6.07, 6.45) is 3.97. The predicted molar refractivity (Wildman–Crippen MR) is 68.0 cm³/mol. The fraction of sp³-hybridized carbons (Fsp3) is 0.667. The van der Waals surface area contributed by atoms with Gasteiger partial charge in [-0.2, -0.15) is 5.26 Å². The van der Waals surface area contributed by atoms with Gasteiger partial charge in [-0.15, -0.1) is 5.10 Å². The standard InChI is InChI=1S/C12H16N4OS/c1-8-11(18-16-15-8)12(17)14-7-10-4-2-9(6-13)3-5-10/h9-10H,2-5,7H2,1H3,(H,14,17). The molecule has 1 N–H and O–H groups in total. The van der Waals surface area contributed by atoms with E-state index in [1.165, 1.54) is 0 Å². The van der Waals surface area contributed by atoms with Gasteiger partial charge in [0.05, 0.1) is 11.8 Å². The van der Waals surface area contributed by atoms with Crippen LogP contribution in [0.2, 0.25) is 0 Å². The molecule has 96 valence electrons. The minimum Gasteiger partial charge on any atom is -0.351 e. The van der Waals surface area contributed by atoms with Crippen LogP contribution in [0, 0.1) is 30.1 Å².